The number of nitrogens with zero attached hydrogens (tertiary/aromatic N) is 1. The van der Waals surface area contributed by atoms with E-state index >= 15 is 0 Å². The molecule has 1 rings (SSSR count). The van der Waals surface area contributed by atoms with Crippen molar-refractivity contribution in [2.24, 2.45) is 5.92 Å². The Morgan fingerprint density at radius 3 is 2.58 bits per heavy atom. The predicted molar refractivity (Wildman–Crippen MR) is 52.8 cm³/mol. The van der Waals surface area contributed by atoms with Crippen LogP contribution in [0, 0.1) is 5.92 Å². The lowest BCUT2D eigenvalue weighted by Crippen LogP contribution is -1.97. The second-order valence-corrected chi connectivity index (χ2v) is 3.93. The number of hydrogen-bond acceptors (Lipinski definition) is 1. The summed E-state index contributed by atoms with van der Waals surface area (Å²) in [4.78, 5) is 3.97. The lowest BCUT2D eigenvalue weighted by molar-refractivity contribution is 0.646. The number of rotatable bonds is 2. The van der Waals surface area contributed by atoms with Crippen molar-refractivity contribution in [1.29, 1.82) is 0 Å². The van der Waals surface area contributed by atoms with E-state index in [4.69, 9.17) is 23.2 Å². The Hall–Kier alpha value is -0.270. The van der Waals surface area contributed by atoms with Crippen LogP contribution in [0.4, 0.5) is 0 Å². The Morgan fingerprint density at radius 2 is 2.08 bits per heavy atom. The van der Waals surface area contributed by atoms with Crippen molar-refractivity contribution >= 4 is 23.2 Å². The van der Waals surface area contributed by atoms with E-state index in [1.165, 1.54) is 0 Å². The maximum atomic E-state index is 5.95. The minimum atomic E-state index is 0.524. The van der Waals surface area contributed by atoms with Crippen LogP contribution in [0.1, 0.15) is 19.4 Å². The fourth-order valence-electron chi connectivity index (χ4n) is 1.04. The van der Waals surface area contributed by atoms with E-state index in [2.05, 4.69) is 18.8 Å². The molecule has 0 fully saturated rings. The maximum absolute atomic E-state index is 5.95. The van der Waals surface area contributed by atoms with Crippen LogP contribution < -0.4 is 0 Å². The van der Waals surface area contributed by atoms with Crippen molar-refractivity contribution in [3.63, 3.8) is 0 Å². The summed E-state index contributed by atoms with van der Waals surface area (Å²) in [5, 5.41) is 1.24. The molecule has 0 bridgehead atoms. The molecular weight excluding hydrogens is 193 g/mol. The van der Waals surface area contributed by atoms with E-state index < -0.39 is 0 Å². The number of hydrogen-bond donors (Lipinski definition) is 0. The highest BCUT2D eigenvalue weighted by Gasteiger charge is 2.07. The van der Waals surface area contributed by atoms with E-state index in [1.54, 1.807) is 12.3 Å². The zero-order chi connectivity index (χ0) is 9.14. The summed E-state index contributed by atoms with van der Waals surface area (Å²) >= 11 is 11.8. The summed E-state index contributed by atoms with van der Waals surface area (Å²) < 4.78 is 0. The monoisotopic (exact) mass is 203 g/mol. The molecule has 0 unspecified atom stereocenters. The molecule has 1 aromatic rings. The van der Waals surface area contributed by atoms with E-state index in [-0.39, 0.29) is 0 Å². The van der Waals surface area contributed by atoms with Gasteiger partial charge in [0.15, 0.2) is 0 Å². The van der Waals surface area contributed by atoms with Gasteiger partial charge in [0.25, 0.3) is 0 Å². The second-order valence-electron chi connectivity index (χ2n) is 3.16. The second kappa shape index (κ2) is 4.11. The van der Waals surface area contributed by atoms with Crippen molar-refractivity contribution in [2.45, 2.75) is 20.3 Å². The molecule has 0 aliphatic heterocycles. The molecule has 0 spiro atoms. The number of halogens is 2. The van der Waals surface area contributed by atoms with Gasteiger partial charge in [0, 0.05) is 16.8 Å². The highest BCUT2D eigenvalue weighted by Crippen LogP contribution is 2.24. The quantitative estimate of drug-likeness (QED) is 0.671. The zero-order valence-electron chi connectivity index (χ0n) is 7.14. The zero-order valence-corrected chi connectivity index (χ0v) is 8.65. The molecule has 12 heavy (non-hydrogen) atoms. The van der Waals surface area contributed by atoms with Crippen molar-refractivity contribution in [2.75, 3.05) is 0 Å². The van der Waals surface area contributed by atoms with Crippen LogP contribution in [0.15, 0.2) is 12.3 Å². The summed E-state index contributed by atoms with van der Waals surface area (Å²) in [5.41, 5.74) is 0.954. The van der Waals surface area contributed by atoms with Gasteiger partial charge in [-0.2, -0.15) is 0 Å². The smallest absolute Gasteiger partial charge is 0.133 e. The molecule has 0 aliphatic carbocycles. The first-order valence-corrected chi connectivity index (χ1v) is 4.65. The van der Waals surface area contributed by atoms with Crippen LogP contribution in [-0.4, -0.2) is 4.98 Å². The van der Waals surface area contributed by atoms with Gasteiger partial charge in [-0.05, 0) is 18.4 Å². The highest BCUT2D eigenvalue weighted by molar-refractivity contribution is 6.35. The lowest BCUT2D eigenvalue weighted by Gasteiger charge is -2.07. The molecule has 0 amide bonds. The van der Waals surface area contributed by atoms with Gasteiger partial charge in [-0.25, -0.2) is 4.98 Å². The van der Waals surface area contributed by atoms with Crippen molar-refractivity contribution in [3.8, 4) is 0 Å². The maximum Gasteiger partial charge on any atom is 0.133 e. The summed E-state index contributed by atoms with van der Waals surface area (Å²) in [6.45, 7) is 4.25. The number of pyridine rings is 1. The van der Waals surface area contributed by atoms with Crippen LogP contribution in [0.5, 0.6) is 0 Å². The molecule has 1 nitrogen and oxygen atoms in total. The van der Waals surface area contributed by atoms with Crippen LogP contribution in [-0.2, 0) is 6.42 Å². The molecule has 0 atom stereocenters. The summed E-state index contributed by atoms with van der Waals surface area (Å²) in [7, 11) is 0. The van der Waals surface area contributed by atoms with Gasteiger partial charge in [-0.1, -0.05) is 37.0 Å². The first-order valence-electron chi connectivity index (χ1n) is 3.90. The van der Waals surface area contributed by atoms with Gasteiger partial charge in [0.2, 0.25) is 0 Å². The van der Waals surface area contributed by atoms with Gasteiger partial charge in [0.1, 0.15) is 5.15 Å². The fourth-order valence-corrected chi connectivity index (χ4v) is 1.54. The van der Waals surface area contributed by atoms with Crippen LogP contribution in [0.2, 0.25) is 10.2 Å². The molecule has 0 saturated heterocycles. The van der Waals surface area contributed by atoms with Crippen molar-refractivity contribution in [1.82, 2.24) is 4.98 Å². The molecule has 66 valence electrons. The third-order valence-electron chi connectivity index (χ3n) is 1.56. The Kier molecular flexibility index (Phi) is 3.36. The van der Waals surface area contributed by atoms with Crippen LogP contribution in [0.25, 0.3) is 0 Å². The van der Waals surface area contributed by atoms with Crippen LogP contribution in [0.3, 0.4) is 0 Å². The first-order chi connectivity index (χ1) is 5.61. The molecule has 3 heteroatoms. The average molecular weight is 204 g/mol. The van der Waals surface area contributed by atoms with Gasteiger partial charge < -0.3 is 0 Å². The third-order valence-corrected chi connectivity index (χ3v) is 2.24. The molecule has 0 saturated carbocycles. The summed E-state index contributed by atoms with van der Waals surface area (Å²) in [5.74, 6) is 0.546. The highest BCUT2D eigenvalue weighted by atomic mass is 35.5. The molecule has 0 aliphatic rings. The molecule has 0 N–H and O–H groups in total. The van der Waals surface area contributed by atoms with E-state index in [0.29, 0.717) is 16.1 Å². The molecule has 1 aromatic heterocycles. The lowest BCUT2D eigenvalue weighted by atomic mass is 10.1. The largest absolute Gasteiger partial charge is 0.244 e. The van der Waals surface area contributed by atoms with Gasteiger partial charge in [-0.15, -0.1) is 0 Å². The number of aromatic nitrogens is 1. The average Bonchev–Trinajstić information content (AvgIpc) is 1.97. The van der Waals surface area contributed by atoms with E-state index in [1.807, 2.05) is 0 Å². The summed E-state index contributed by atoms with van der Waals surface area (Å²) in [6.07, 6.45) is 2.50. The molecule has 0 aromatic carbocycles. The fraction of sp³-hybridized carbons (Fsp3) is 0.444. The first kappa shape index (κ1) is 9.82. The Bertz CT molecular complexity index is 251. The predicted octanol–water partition coefficient (Wildman–Crippen LogP) is 3.59. The summed E-state index contributed by atoms with van der Waals surface area (Å²) in [6, 6.07) is 1.77. The van der Waals surface area contributed by atoms with Gasteiger partial charge >= 0.3 is 0 Å². The molecule has 1 heterocycles. The SMILES string of the molecule is CC(C)Cc1c(Cl)ccnc1Cl. The van der Waals surface area contributed by atoms with Gasteiger partial charge in [0.05, 0.1) is 0 Å². The van der Waals surface area contributed by atoms with Crippen molar-refractivity contribution < 1.29 is 0 Å². The van der Waals surface area contributed by atoms with Gasteiger partial charge in [-0.3, -0.25) is 0 Å². The minimum absolute atomic E-state index is 0.524. The Balaban J connectivity index is 2.96. The van der Waals surface area contributed by atoms with E-state index in [0.717, 1.165) is 12.0 Å². The minimum Gasteiger partial charge on any atom is -0.244 e. The molecular formula is C9H11Cl2N. The van der Waals surface area contributed by atoms with E-state index in [9.17, 15) is 0 Å². The third kappa shape index (κ3) is 2.36. The molecule has 0 radical (unpaired) electrons. The normalized spacial score (nSPS) is 10.8. The standard InChI is InChI=1S/C9H11Cl2N/c1-6(2)5-7-8(10)3-4-12-9(7)11/h3-4,6H,5H2,1-2H3. The van der Waals surface area contributed by atoms with Crippen molar-refractivity contribution in [3.05, 3.63) is 28.0 Å². The topological polar surface area (TPSA) is 12.9 Å². The van der Waals surface area contributed by atoms with Crippen LogP contribution >= 0.6 is 23.2 Å². The Labute approximate surface area is 82.7 Å². The Morgan fingerprint density at radius 1 is 1.42 bits per heavy atom.